The van der Waals surface area contributed by atoms with Crippen molar-refractivity contribution in [3.63, 3.8) is 0 Å². The van der Waals surface area contributed by atoms with Crippen molar-refractivity contribution in [2.24, 2.45) is 17.8 Å². The quantitative estimate of drug-likeness (QED) is 0.514. The molecular formula is C30H45FN4O4. The molecule has 0 radical (unpaired) electrons. The van der Waals surface area contributed by atoms with E-state index in [1.165, 1.54) is 32.1 Å². The van der Waals surface area contributed by atoms with Crippen molar-refractivity contribution in [3.05, 3.63) is 11.8 Å². The average Bonchev–Trinajstić information content (AvgIpc) is 3.48. The SMILES string of the molecule is O=C(NCCC1CCCN1)C1=CN2C3CCC4CCCCC4C3OC3C(N4CCOCC4)C(F)CC(C1=O)C32. The number of alkyl halides is 1. The van der Waals surface area contributed by atoms with E-state index in [0.717, 1.165) is 32.2 Å². The average molecular weight is 545 g/mol. The Morgan fingerprint density at radius 1 is 1.05 bits per heavy atom. The predicted octanol–water partition coefficient (Wildman–Crippen LogP) is 2.18. The first kappa shape index (κ1) is 26.4. The molecule has 0 aromatic heterocycles. The molecule has 216 valence electrons. The maximum absolute atomic E-state index is 16.2. The maximum atomic E-state index is 16.2. The lowest BCUT2D eigenvalue weighted by Gasteiger charge is -2.62. The highest BCUT2D eigenvalue weighted by atomic mass is 19.1. The number of morpholine rings is 2. The number of hydrogen-bond donors (Lipinski definition) is 2. The summed E-state index contributed by atoms with van der Waals surface area (Å²) in [5, 5.41) is 6.49. The first-order valence-electron chi connectivity index (χ1n) is 15.8. The second-order valence-corrected chi connectivity index (χ2v) is 13.1. The van der Waals surface area contributed by atoms with Gasteiger partial charge in [-0.3, -0.25) is 14.5 Å². The van der Waals surface area contributed by atoms with Gasteiger partial charge in [-0.1, -0.05) is 19.3 Å². The number of carbonyl (C=O) groups excluding carboxylic acids is 2. The second kappa shape index (κ2) is 11.0. The van der Waals surface area contributed by atoms with Crippen LogP contribution in [0, 0.1) is 17.8 Å². The predicted molar refractivity (Wildman–Crippen MR) is 144 cm³/mol. The van der Waals surface area contributed by atoms with Gasteiger partial charge < -0.3 is 25.0 Å². The summed E-state index contributed by atoms with van der Waals surface area (Å²) in [6.07, 6.45) is 10.8. The Morgan fingerprint density at radius 2 is 1.90 bits per heavy atom. The monoisotopic (exact) mass is 544 g/mol. The van der Waals surface area contributed by atoms with Crippen LogP contribution in [0.25, 0.3) is 0 Å². The van der Waals surface area contributed by atoms with E-state index >= 15 is 4.39 Å². The molecule has 6 fully saturated rings. The van der Waals surface area contributed by atoms with E-state index in [2.05, 4.69) is 20.4 Å². The maximum Gasteiger partial charge on any atom is 0.256 e. The Bertz CT molecular complexity index is 967. The van der Waals surface area contributed by atoms with Gasteiger partial charge in [0.05, 0.1) is 49.1 Å². The molecular weight excluding hydrogens is 499 g/mol. The smallest absolute Gasteiger partial charge is 0.256 e. The van der Waals surface area contributed by atoms with Crippen LogP contribution in [0.15, 0.2) is 11.8 Å². The molecule has 0 aromatic carbocycles. The third kappa shape index (κ3) is 4.75. The summed E-state index contributed by atoms with van der Waals surface area (Å²) in [7, 11) is 0. The van der Waals surface area contributed by atoms with Gasteiger partial charge in [-0.25, -0.2) is 4.39 Å². The Labute approximate surface area is 231 Å². The van der Waals surface area contributed by atoms with E-state index in [1.807, 2.05) is 6.20 Å². The molecule has 8 nitrogen and oxygen atoms in total. The summed E-state index contributed by atoms with van der Waals surface area (Å²) in [4.78, 5) is 31.8. The number of Topliss-reactive ketones (excluding diaryl/α,β-unsaturated/α-hetero) is 1. The zero-order valence-corrected chi connectivity index (χ0v) is 23.1. The van der Waals surface area contributed by atoms with E-state index in [-0.39, 0.29) is 54.0 Å². The molecule has 0 bridgehead atoms. The highest BCUT2D eigenvalue weighted by molar-refractivity contribution is 6.20. The minimum absolute atomic E-state index is 0.0296. The van der Waals surface area contributed by atoms with Crippen LogP contribution in [0.1, 0.15) is 64.2 Å². The van der Waals surface area contributed by atoms with Crippen molar-refractivity contribution in [2.45, 2.75) is 107 Å². The minimum Gasteiger partial charge on any atom is -0.379 e. The molecule has 3 saturated heterocycles. The summed E-state index contributed by atoms with van der Waals surface area (Å²) >= 11 is 0. The number of fused-ring (bicyclic) bond motifs is 4. The van der Waals surface area contributed by atoms with E-state index in [1.54, 1.807) is 0 Å². The second-order valence-electron chi connectivity index (χ2n) is 13.1. The van der Waals surface area contributed by atoms with Gasteiger partial charge in [-0.05, 0) is 63.3 Å². The third-order valence-electron chi connectivity index (χ3n) is 11.1. The molecule has 3 saturated carbocycles. The molecule has 4 aliphatic heterocycles. The molecule has 39 heavy (non-hydrogen) atoms. The first-order valence-corrected chi connectivity index (χ1v) is 15.8. The highest BCUT2D eigenvalue weighted by Gasteiger charge is 2.61. The van der Waals surface area contributed by atoms with Crippen molar-refractivity contribution in [3.8, 4) is 0 Å². The summed E-state index contributed by atoms with van der Waals surface area (Å²) < 4.78 is 28.8. The molecule has 0 spiro atoms. The van der Waals surface area contributed by atoms with E-state index in [0.29, 0.717) is 50.7 Å². The Hall–Kier alpha value is -1.55. The normalized spacial score (nSPS) is 44.2. The summed E-state index contributed by atoms with van der Waals surface area (Å²) in [6, 6.07) is -0.0101. The lowest BCUT2D eigenvalue weighted by molar-refractivity contribution is -0.235. The fourth-order valence-corrected chi connectivity index (χ4v) is 9.27. The number of hydrogen-bond acceptors (Lipinski definition) is 7. The minimum atomic E-state index is -1.17. The molecule has 7 rings (SSSR count). The van der Waals surface area contributed by atoms with Crippen LogP contribution < -0.4 is 10.6 Å². The van der Waals surface area contributed by atoms with Gasteiger partial charge >= 0.3 is 0 Å². The lowest BCUT2D eigenvalue weighted by atomic mass is 9.64. The van der Waals surface area contributed by atoms with Crippen molar-refractivity contribution >= 4 is 11.7 Å². The zero-order valence-electron chi connectivity index (χ0n) is 23.1. The number of ketones is 1. The number of nitrogens with zero attached hydrogens (tertiary/aromatic N) is 2. The fraction of sp³-hybridized carbons (Fsp3) is 0.867. The topological polar surface area (TPSA) is 83.1 Å². The molecule has 9 heteroatoms. The van der Waals surface area contributed by atoms with Crippen LogP contribution in [0.3, 0.4) is 0 Å². The molecule has 10 atom stereocenters. The van der Waals surface area contributed by atoms with Gasteiger partial charge in [-0.15, -0.1) is 0 Å². The van der Waals surface area contributed by atoms with Crippen molar-refractivity contribution in [1.29, 1.82) is 0 Å². The molecule has 7 aliphatic rings. The standard InChI is InChI=1S/C30H45FN4O4/c31-23-16-21-25-29(26(23)34-12-14-38-15-13-34)39-28-20-6-2-1-4-18(20)7-8-24(28)35(25)17-22(27(21)36)30(37)33-11-9-19-5-3-10-32-19/h17-21,23-26,28-29,32H,1-16H2,(H,33,37). The number of halogens is 1. The lowest BCUT2D eigenvalue weighted by Crippen LogP contribution is -2.74. The number of rotatable bonds is 5. The largest absolute Gasteiger partial charge is 0.379 e. The molecule has 2 N–H and O–H groups in total. The van der Waals surface area contributed by atoms with Crippen LogP contribution in [0.4, 0.5) is 4.39 Å². The van der Waals surface area contributed by atoms with Crippen molar-refractivity contribution < 1.29 is 23.5 Å². The molecule has 1 amide bonds. The molecule has 10 unspecified atom stereocenters. The number of carbonyl (C=O) groups is 2. The van der Waals surface area contributed by atoms with Crippen molar-refractivity contribution in [1.82, 2.24) is 20.4 Å². The summed E-state index contributed by atoms with van der Waals surface area (Å²) in [5.41, 5.74) is 0.220. The number of nitrogens with one attached hydrogen (secondary N) is 2. The van der Waals surface area contributed by atoms with Crippen LogP contribution in [0.2, 0.25) is 0 Å². The summed E-state index contributed by atoms with van der Waals surface area (Å²) in [6.45, 7) is 4.16. The van der Waals surface area contributed by atoms with E-state index < -0.39 is 12.1 Å². The van der Waals surface area contributed by atoms with Gasteiger partial charge in [0.15, 0.2) is 5.78 Å². The Balaban J connectivity index is 1.19. The van der Waals surface area contributed by atoms with Gasteiger partial charge in [0.2, 0.25) is 0 Å². The molecule has 0 aromatic rings. The zero-order chi connectivity index (χ0) is 26.5. The summed E-state index contributed by atoms with van der Waals surface area (Å²) in [5.74, 6) is 0.0997. The number of ether oxygens (including phenoxy) is 2. The molecule has 3 aliphatic carbocycles. The van der Waals surface area contributed by atoms with E-state index in [4.69, 9.17) is 9.47 Å². The van der Waals surface area contributed by atoms with Crippen LogP contribution >= 0.6 is 0 Å². The Morgan fingerprint density at radius 3 is 2.72 bits per heavy atom. The van der Waals surface area contributed by atoms with Gasteiger partial charge in [-0.2, -0.15) is 0 Å². The highest BCUT2D eigenvalue weighted by Crippen LogP contribution is 2.51. The third-order valence-corrected chi connectivity index (χ3v) is 11.1. The van der Waals surface area contributed by atoms with Crippen LogP contribution in [0.5, 0.6) is 0 Å². The van der Waals surface area contributed by atoms with Gasteiger partial charge in [0, 0.05) is 37.8 Å². The number of amides is 1. The fourth-order valence-electron chi connectivity index (χ4n) is 9.27. The van der Waals surface area contributed by atoms with Gasteiger partial charge in [0.1, 0.15) is 6.17 Å². The molecule has 4 heterocycles. The van der Waals surface area contributed by atoms with Gasteiger partial charge in [0.25, 0.3) is 5.91 Å². The van der Waals surface area contributed by atoms with Crippen LogP contribution in [-0.4, -0.2) is 103 Å². The Kier molecular flexibility index (Phi) is 7.45. The van der Waals surface area contributed by atoms with Crippen LogP contribution in [-0.2, 0) is 19.1 Å². The first-order chi connectivity index (χ1) is 19.1. The van der Waals surface area contributed by atoms with Crippen molar-refractivity contribution in [2.75, 3.05) is 39.4 Å². The van der Waals surface area contributed by atoms with E-state index in [9.17, 15) is 9.59 Å².